The van der Waals surface area contributed by atoms with Gasteiger partial charge in [-0.25, -0.2) is 0 Å². The van der Waals surface area contributed by atoms with E-state index < -0.39 is 0 Å². The Morgan fingerprint density at radius 3 is 2.56 bits per heavy atom. The zero-order valence-electron chi connectivity index (χ0n) is 14.6. The van der Waals surface area contributed by atoms with Gasteiger partial charge in [0.05, 0.1) is 12.8 Å². The minimum absolute atomic E-state index is 0.00552. The highest BCUT2D eigenvalue weighted by Crippen LogP contribution is 2.24. The zero-order valence-corrected chi connectivity index (χ0v) is 14.6. The van der Waals surface area contributed by atoms with Gasteiger partial charge in [-0.05, 0) is 55.4 Å². The molecule has 0 saturated carbocycles. The molecule has 0 bridgehead atoms. The van der Waals surface area contributed by atoms with E-state index in [9.17, 15) is 9.59 Å². The van der Waals surface area contributed by atoms with Gasteiger partial charge in [-0.15, -0.1) is 0 Å². The second-order valence-electron chi connectivity index (χ2n) is 6.69. The van der Waals surface area contributed by atoms with Crippen molar-refractivity contribution in [3.8, 4) is 0 Å². The number of hydrogen-bond acceptors (Lipinski definition) is 3. The third-order valence-electron chi connectivity index (χ3n) is 4.25. The molecule has 0 spiro atoms. The quantitative estimate of drug-likeness (QED) is 0.851. The van der Waals surface area contributed by atoms with Crippen molar-refractivity contribution in [3.05, 3.63) is 59.2 Å². The van der Waals surface area contributed by atoms with E-state index in [0.29, 0.717) is 6.42 Å². The van der Waals surface area contributed by atoms with Crippen LogP contribution in [0.3, 0.4) is 0 Å². The van der Waals surface area contributed by atoms with Gasteiger partial charge in [0.1, 0.15) is 0 Å². The van der Waals surface area contributed by atoms with Gasteiger partial charge < -0.3 is 15.5 Å². The van der Waals surface area contributed by atoms with Crippen LogP contribution in [0.4, 0.5) is 11.4 Å². The van der Waals surface area contributed by atoms with Gasteiger partial charge in [0.25, 0.3) is 0 Å². The van der Waals surface area contributed by atoms with E-state index in [2.05, 4.69) is 29.6 Å². The summed E-state index contributed by atoms with van der Waals surface area (Å²) in [7, 11) is 4.11. The molecule has 0 aliphatic carbocycles. The molecule has 5 nitrogen and oxygen atoms in total. The van der Waals surface area contributed by atoms with E-state index in [4.69, 9.17) is 0 Å². The number of likely N-dealkylation sites (N-methyl/N-ethyl adjacent to an activating group) is 1. The van der Waals surface area contributed by atoms with Crippen molar-refractivity contribution in [2.24, 2.45) is 0 Å². The fraction of sp³-hybridized carbons (Fsp3) is 0.300. The molecular weight excluding hydrogens is 314 g/mol. The molecule has 0 radical (unpaired) electrons. The molecule has 0 unspecified atom stereocenters. The molecule has 1 heterocycles. The fourth-order valence-electron chi connectivity index (χ4n) is 2.87. The molecule has 2 amide bonds. The first kappa shape index (κ1) is 17.2. The van der Waals surface area contributed by atoms with Crippen molar-refractivity contribution < 1.29 is 9.59 Å². The molecule has 0 atom stereocenters. The van der Waals surface area contributed by atoms with Crippen LogP contribution < -0.4 is 10.6 Å². The lowest BCUT2D eigenvalue weighted by Crippen LogP contribution is -2.15. The summed E-state index contributed by atoms with van der Waals surface area (Å²) >= 11 is 0. The number of carbonyl (C=O) groups is 2. The molecule has 1 aliphatic rings. The summed E-state index contributed by atoms with van der Waals surface area (Å²) < 4.78 is 0. The van der Waals surface area contributed by atoms with Crippen LogP contribution in [0.2, 0.25) is 0 Å². The molecule has 2 aromatic rings. The van der Waals surface area contributed by atoms with Crippen LogP contribution in [-0.2, 0) is 28.9 Å². The third kappa shape index (κ3) is 4.67. The van der Waals surface area contributed by atoms with Crippen LogP contribution in [-0.4, -0.2) is 37.4 Å². The number of hydrogen-bond donors (Lipinski definition) is 2. The first-order valence-electron chi connectivity index (χ1n) is 8.45. The van der Waals surface area contributed by atoms with Gasteiger partial charge in [-0.2, -0.15) is 0 Å². The number of rotatable bonds is 6. The Kier molecular flexibility index (Phi) is 5.14. The molecule has 3 rings (SSSR count). The standard InChI is InChI=1S/C20H23N3O2/c1-23(2)10-9-14-4-7-17(8-5-14)21-19(24)12-15-3-6-16-13-20(25)22-18(16)11-15/h3-8,11H,9-10,12-13H2,1-2H3,(H,21,24)(H,22,25). The number of carbonyl (C=O) groups excluding carboxylic acids is 2. The molecule has 0 aromatic heterocycles. The largest absolute Gasteiger partial charge is 0.326 e. The van der Waals surface area contributed by atoms with Gasteiger partial charge in [-0.3, -0.25) is 9.59 Å². The van der Waals surface area contributed by atoms with Crippen LogP contribution in [0.25, 0.3) is 0 Å². The topological polar surface area (TPSA) is 61.4 Å². The molecule has 0 saturated heterocycles. The first-order chi connectivity index (χ1) is 12.0. The number of fused-ring (bicyclic) bond motifs is 1. The maximum atomic E-state index is 12.2. The highest BCUT2D eigenvalue weighted by atomic mass is 16.2. The summed E-state index contributed by atoms with van der Waals surface area (Å²) in [5.74, 6) is -0.0590. The minimum atomic E-state index is -0.0645. The van der Waals surface area contributed by atoms with Crippen LogP contribution in [0, 0.1) is 0 Å². The van der Waals surface area contributed by atoms with Crippen molar-refractivity contribution in [2.75, 3.05) is 31.3 Å². The van der Waals surface area contributed by atoms with Crippen LogP contribution in [0.5, 0.6) is 0 Å². The molecule has 130 valence electrons. The number of nitrogens with one attached hydrogen (secondary N) is 2. The second kappa shape index (κ2) is 7.49. The Labute approximate surface area is 148 Å². The smallest absolute Gasteiger partial charge is 0.228 e. The molecule has 5 heteroatoms. The van der Waals surface area contributed by atoms with Gasteiger partial charge in [0.2, 0.25) is 11.8 Å². The van der Waals surface area contributed by atoms with Crippen molar-refractivity contribution in [3.63, 3.8) is 0 Å². The Morgan fingerprint density at radius 2 is 1.84 bits per heavy atom. The van der Waals surface area contributed by atoms with E-state index in [-0.39, 0.29) is 18.2 Å². The summed E-state index contributed by atoms with van der Waals surface area (Å²) in [5.41, 5.74) is 4.75. The van der Waals surface area contributed by atoms with Crippen LogP contribution >= 0.6 is 0 Å². The lowest BCUT2D eigenvalue weighted by molar-refractivity contribution is -0.116. The van der Waals surface area contributed by atoms with E-state index in [0.717, 1.165) is 35.5 Å². The first-order valence-corrected chi connectivity index (χ1v) is 8.45. The maximum Gasteiger partial charge on any atom is 0.228 e. The minimum Gasteiger partial charge on any atom is -0.326 e. The number of anilines is 2. The summed E-state index contributed by atoms with van der Waals surface area (Å²) in [6, 6.07) is 13.7. The highest BCUT2D eigenvalue weighted by Gasteiger charge is 2.17. The van der Waals surface area contributed by atoms with Gasteiger partial charge in [0, 0.05) is 17.9 Å². The Hall–Kier alpha value is -2.66. The molecule has 2 N–H and O–H groups in total. The normalized spacial score (nSPS) is 12.8. The summed E-state index contributed by atoms with van der Waals surface area (Å²) in [5, 5.41) is 5.73. The number of amides is 2. The maximum absolute atomic E-state index is 12.2. The Morgan fingerprint density at radius 1 is 1.12 bits per heavy atom. The van der Waals surface area contributed by atoms with Crippen molar-refractivity contribution in [2.45, 2.75) is 19.3 Å². The zero-order chi connectivity index (χ0) is 17.8. The van der Waals surface area contributed by atoms with Crippen LogP contribution in [0.15, 0.2) is 42.5 Å². The Bertz CT molecular complexity index is 782. The van der Waals surface area contributed by atoms with Gasteiger partial charge >= 0.3 is 0 Å². The monoisotopic (exact) mass is 337 g/mol. The van der Waals surface area contributed by atoms with Gasteiger partial charge in [0.15, 0.2) is 0 Å². The predicted molar refractivity (Wildman–Crippen MR) is 99.8 cm³/mol. The summed E-state index contributed by atoms with van der Waals surface area (Å²) in [4.78, 5) is 25.8. The lowest BCUT2D eigenvalue weighted by Gasteiger charge is -2.10. The summed E-state index contributed by atoms with van der Waals surface area (Å²) in [6.07, 6.45) is 1.69. The predicted octanol–water partition coefficient (Wildman–Crippen LogP) is 2.47. The molecule has 0 fully saturated rings. The van der Waals surface area contributed by atoms with Crippen molar-refractivity contribution in [1.82, 2.24) is 4.90 Å². The second-order valence-corrected chi connectivity index (χ2v) is 6.69. The van der Waals surface area contributed by atoms with E-state index in [1.54, 1.807) is 0 Å². The Balaban J connectivity index is 1.56. The van der Waals surface area contributed by atoms with Gasteiger partial charge in [-0.1, -0.05) is 24.3 Å². The third-order valence-corrected chi connectivity index (χ3v) is 4.25. The fourth-order valence-corrected chi connectivity index (χ4v) is 2.87. The van der Waals surface area contributed by atoms with Crippen LogP contribution in [0.1, 0.15) is 16.7 Å². The molecule has 25 heavy (non-hydrogen) atoms. The number of nitrogens with zero attached hydrogens (tertiary/aromatic N) is 1. The number of benzene rings is 2. The summed E-state index contributed by atoms with van der Waals surface area (Å²) in [6.45, 7) is 1.00. The lowest BCUT2D eigenvalue weighted by atomic mass is 10.1. The van der Waals surface area contributed by atoms with E-state index in [1.807, 2.05) is 42.5 Å². The molecule has 1 aliphatic heterocycles. The van der Waals surface area contributed by atoms with Crippen molar-refractivity contribution >= 4 is 23.2 Å². The molecular formula is C20H23N3O2. The average Bonchev–Trinajstić information content (AvgIpc) is 2.93. The molecule has 2 aromatic carbocycles. The highest BCUT2D eigenvalue weighted by molar-refractivity contribution is 5.99. The van der Waals surface area contributed by atoms with E-state index >= 15 is 0 Å². The van der Waals surface area contributed by atoms with E-state index in [1.165, 1.54) is 5.56 Å². The SMILES string of the molecule is CN(C)CCc1ccc(NC(=O)Cc2ccc3c(c2)NC(=O)C3)cc1. The van der Waals surface area contributed by atoms with Crippen molar-refractivity contribution in [1.29, 1.82) is 0 Å². The average molecular weight is 337 g/mol.